The summed E-state index contributed by atoms with van der Waals surface area (Å²) in [6.07, 6.45) is 3.25. The molecule has 1 radical (unpaired) electrons. The van der Waals surface area contributed by atoms with Crippen molar-refractivity contribution in [2.75, 3.05) is 0 Å². The molecule has 1 heterocycles. The molecule has 37 valence electrons. The van der Waals surface area contributed by atoms with Gasteiger partial charge >= 0.3 is 0 Å². The van der Waals surface area contributed by atoms with Crippen molar-refractivity contribution in [1.82, 2.24) is 0 Å². The fraction of sp³-hybridized carbons (Fsp3) is 0. The summed E-state index contributed by atoms with van der Waals surface area (Å²) in [5.41, 5.74) is 0. The summed E-state index contributed by atoms with van der Waals surface area (Å²) in [5, 5.41) is 0. The molecule has 0 atom stereocenters. The van der Waals surface area contributed by atoms with E-state index in [4.69, 9.17) is 0 Å². The first-order chi connectivity index (χ1) is 2.50. The fourth-order valence-corrected chi connectivity index (χ4v) is 0.227. The summed E-state index contributed by atoms with van der Waals surface area (Å²) in [6.45, 7) is 0. The third-order valence-corrected chi connectivity index (χ3v) is 0.425. The summed E-state index contributed by atoms with van der Waals surface area (Å²) < 4.78 is 4.58. The molecule has 0 aliphatic carbocycles. The largest absolute Gasteiger partial charge is 0.473 e. The van der Waals surface area contributed by atoms with Crippen molar-refractivity contribution in [1.29, 1.82) is 0 Å². The van der Waals surface area contributed by atoms with Gasteiger partial charge in [-0.2, -0.15) is 0 Å². The van der Waals surface area contributed by atoms with Gasteiger partial charge in [0.25, 0.3) is 0 Å². The molecule has 0 N–H and O–H groups in total. The summed E-state index contributed by atoms with van der Waals surface area (Å²) in [7, 11) is 0. The van der Waals surface area contributed by atoms with E-state index in [-0.39, 0.29) is 22.4 Å². The van der Waals surface area contributed by atoms with E-state index in [2.05, 4.69) is 4.42 Å². The molecule has 0 aliphatic rings. The summed E-state index contributed by atoms with van der Waals surface area (Å²) in [4.78, 5) is 0. The molecule has 1 rings (SSSR count). The summed E-state index contributed by atoms with van der Waals surface area (Å²) in [6, 6.07) is 3.67. The van der Waals surface area contributed by atoms with Crippen molar-refractivity contribution < 1.29 is 26.8 Å². The van der Waals surface area contributed by atoms with Gasteiger partial charge in [0.2, 0.25) is 0 Å². The van der Waals surface area contributed by atoms with Crippen molar-refractivity contribution in [2.24, 2.45) is 0 Å². The molecule has 0 fully saturated rings. The molecular weight excluding hydrogens is 172 g/mol. The van der Waals surface area contributed by atoms with Gasteiger partial charge < -0.3 is 4.42 Å². The molecule has 2 heteroatoms. The van der Waals surface area contributed by atoms with Crippen LogP contribution in [0.1, 0.15) is 0 Å². The minimum Gasteiger partial charge on any atom is -0.473 e. The van der Waals surface area contributed by atoms with Crippen LogP contribution in [0, 0.1) is 0 Å². The SMILES string of the molecule is [Ag].c1ccoc1. The molecular formula is C4H4AgO. The Morgan fingerprint density at radius 3 is 1.67 bits per heavy atom. The standard InChI is InChI=1S/C4H4O.Ag/c1-2-4-5-3-1;/h1-4H;. The topological polar surface area (TPSA) is 13.1 Å². The molecule has 0 bridgehead atoms. The second-order valence-corrected chi connectivity index (χ2v) is 0.793. The van der Waals surface area contributed by atoms with E-state index in [0.717, 1.165) is 0 Å². The Morgan fingerprint density at radius 2 is 1.50 bits per heavy atom. The Hall–Kier alpha value is 0.0203. The zero-order valence-corrected chi connectivity index (χ0v) is 4.50. The minimum atomic E-state index is 0. The van der Waals surface area contributed by atoms with Gasteiger partial charge in [-0.25, -0.2) is 0 Å². The molecule has 0 saturated carbocycles. The molecule has 0 unspecified atom stereocenters. The van der Waals surface area contributed by atoms with Gasteiger partial charge in [0.05, 0.1) is 12.5 Å². The first kappa shape index (κ1) is 6.02. The van der Waals surface area contributed by atoms with Crippen LogP contribution in [0.5, 0.6) is 0 Å². The van der Waals surface area contributed by atoms with Crippen molar-refractivity contribution in [3.8, 4) is 0 Å². The Bertz CT molecular complexity index is 64.0. The second kappa shape index (κ2) is 3.22. The second-order valence-electron chi connectivity index (χ2n) is 0.793. The fourth-order valence-electron chi connectivity index (χ4n) is 0.227. The monoisotopic (exact) mass is 175 g/mol. The van der Waals surface area contributed by atoms with Crippen molar-refractivity contribution in [3.05, 3.63) is 24.7 Å². The van der Waals surface area contributed by atoms with Crippen LogP contribution in [-0.2, 0) is 22.4 Å². The van der Waals surface area contributed by atoms with Crippen LogP contribution in [0.2, 0.25) is 0 Å². The molecule has 0 amide bonds. The maximum absolute atomic E-state index is 4.58. The molecule has 0 spiro atoms. The van der Waals surface area contributed by atoms with Gasteiger partial charge in [0, 0.05) is 22.4 Å². The van der Waals surface area contributed by atoms with Gasteiger partial charge in [0.15, 0.2) is 0 Å². The maximum Gasteiger partial charge on any atom is 0.0902 e. The number of hydrogen-bond acceptors (Lipinski definition) is 1. The molecule has 0 aliphatic heterocycles. The van der Waals surface area contributed by atoms with Crippen molar-refractivity contribution in [2.45, 2.75) is 0 Å². The molecule has 0 aromatic carbocycles. The predicted molar refractivity (Wildman–Crippen MR) is 18.7 cm³/mol. The smallest absolute Gasteiger partial charge is 0.0902 e. The van der Waals surface area contributed by atoms with Crippen LogP contribution in [-0.4, -0.2) is 0 Å². The molecule has 6 heavy (non-hydrogen) atoms. The third kappa shape index (κ3) is 1.46. The van der Waals surface area contributed by atoms with Gasteiger partial charge in [-0.05, 0) is 12.1 Å². The van der Waals surface area contributed by atoms with E-state index in [9.17, 15) is 0 Å². The average molecular weight is 176 g/mol. The number of hydrogen-bond donors (Lipinski definition) is 0. The Kier molecular flexibility index (Phi) is 3.23. The Morgan fingerprint density at radius 1 is 1.00 bits per heavy atom. The molecule has 0 saturated heterocycles. The van der Waals surface area contributed by atoms with E-state index in [1.54, 1.807) is 12.5 Å². The average Bonchev–Trinajstić information content (AvgIpc) is 1.76. The predicted octanol–water partition coefficient (Wildman–Crippen LogP) is 1.28. The van der Waals surface area contributed by atoms with Crippen LogP contribution in [0.3, 0.4) is 0 Å². The first-order valence-corrected chi connectivity index (χ1v) is 1.47. The third-order valence-electron chi connectivity index (χ3n) is 0.425. The minimum absolute atomic E-state index is 0. The van der Waals surface area contributed by atoms with Crippen molar-refractivity contribution >= 4 is 0 Å². The Balaban J connectivity index is 0.000000250. The number of furan rings is 1. The summed E-state index contributed by atoms with van der Waals surface area (Å²) >= 11 is 0. The normalized spacial score (nSPS) is 6.67. The zero-order chi connectivity index (χ0) is 3.54. The van der Waals surface area contributed by atoms with Gasteiger partial charge in [-0.1, -0.05) is 0 Å². The van der Waals surface area contributed by atoms with Crippen LogP contribution in [0.25, 0.3) is 0 Å². The maximum atomic E-state index is 4.58. The van der Waals surface area contributed by atoms with E-state index in [0.29, 0.717) is 0 Å². The zero-order valence-electron chi connectivity index (χ0n) is 3.02. The van der Waals surface area contributed by atoms with E-state index in [1.165, 1.54) is 0 Å². The Labute approximate surface area is 51.9 Å². The van der Waals surface area contributed by atoms with Gasteiger partial charge in [-0.15, -0.1) is 0 Å². The van der Waals surface area contributed by atoms with E-state index in [1.807, 2.05) is 12.1 Å². The first-order valence-electron chi connectivity index (χ1n) is 1.47. The number of rotatable bonds is 0. The van der Waals surface area contributed by atoms with Crippen molar-refractivity contribution in [3.63, 3.8) is 0 Å². The quantitative estimate of drug-likeness (QED) is 0.542. The van der Waals surface area contributed by atoms with E-state index >= 15 is 0 Å². The molecule has 1 aromatic rings. The van der Waals surface area contributed by atoms with Crippen LogP contribution in [0.4, 0.5) is 0 Å². The molecule has 1 aromatic heterocycles. The van der Waals surface area contributed by atoms with Crippen LogP contribution in [0.15, 0.2) is 29.1 Å². The van der Waals surface area contributed by atoms with E-state index < -0.39 is 0 Å². The molecule has 1 nitrogen and oxygen atoms in total. The van der Waals surface area contributed by atoms with Gasteiger partial charge in [0.1, 0.15) is 0 Å². The van der Waals surface area contributed by atoms with Gasteiger partial charge in [-0.3, -0.25) is 0 Å². The van der Waals surface area contributed by atoms with Crippen LogP contribution >= 0.6 is 0 Å². The summed E-state index contributed by atoms with van der Waals surface area (Å²) in [5.74, 6) is 0. The van der Waals surface area contributed by atoms with Crippen LogP contribution < -0.4 is 0 Å².